The van der Waals surface area contributed by atoms with E-state index in [1.807, 2.05) is 41.3 Å². The Kier molecular flexibility index (Phi) is 4.04. The molecule has 0 saturated heterocycles. The van der Waals surface area contributed by atoms with Gasteiger partial charge in [0.1, 0.15) is 5.65 Å². The lowest BCUT2D eigenvalue weighted by molar-refractivity contribution is 0.893. The number of aromatic nitrogens is 4. The normalized spacial score (nSPS) is 11.2. The average molecular weight is 355 g/mol. The largest absolute Gasteiger partial charge is 0.305 e. The van der Waals surface area contributed by atoms with Gasteiger partial charge in [0.2, 0.25) is 0 Å². The van der Waals surface area contributed by atoms with Crippen LogP contribution in [0.25, 0.3) is 11.3 Å². The molecule has 0 aliphatic rings. The number of hydrogen-bond acceptors (Lipinski definition) is 3. The van der Waals surface area contributed by atoms with E-state index in [0.717, 1.165) is 27.9 Å². The molecule has 120 valence electrons. The Bertz CT molecular complexity index is 1010. The topological polar surface area (TPSA) is 35.1 Å². The van der Waals surface area contributed by atoms with Crippen LogP contribution < -0.4 is 0 Å². The van der Waals surface area contributed by atoms with Crippen molar-refractivity contribution in [2.45, 2.75) is 17.8 Å². The predicted octanol–water partition coefficient (Wildman–Crippen LogP) is 4.77. The van der Waals surface area contributed by atoms with Gasteiger partial charge in [0.15, 0.2) is 5.16 Å². The molecule has 0 N–H and O–H groups in total. The van der Waals surface area contributed by atoms with Gasteiger partial charge in [-0.05, 0) is 36.8 Å². The number of pyridine rings is 1. The molecule has 4 rings (SSSR count). The summed E-state index contributed by atoms with van der Waals surface area (Å²) in [6.45, 7) is 2.09. The van der Waals surface area contributed by atoms with Gasteiger partial charge in [0.25, 0.3) is 0 Å². The van der Waals surface area contributed by atoms with Crippen molar-refractivity contribution >= 4 is 29.0 Å². The number of imidazole rings is 2. The number of fused-ring (bicyclic) bond motifs is 1. The highest BCUT2D eigenvalue weighted by Crippen LogP contribution is 2.24. The van der Waals surface area contributed by atoms with Gasteiger partial charge in [-0.25, -0.2) is 9.97 Å². The lowest BCUT2D eigenvalue weighted by Gasteiger charge is -2.07. The molecule has 0 fully saturated rings. The molecule has 24 heavy (non-hydrogen) atoms. The maximum absolute atomic E-state index is 6.02. The fourth-order valence-electron chi connectivity index (χ4n) is 2.60. The first-order valence-electron chi connectivity index (χ1n) is 7.55. The predicted molar refractivity (Wildman–Crippen MR) is 98.1 cm³/mol. The highest BCUT2D eigenvalue weighted by atomic mass is 35.5. The summed E-state index contributed by atoms with van der Waals surface area (Å²) in [7, 11) is 0. The van der Waals surface area contributed by atoms with Crippen molar-refractivity contribution < 1.29 is 0 Å². The van der Waals surface area contributed by atoms with Crippen LogP contribution in [0.5, 0.6) is 0 Å². The highest BCUT2D eigenvalue weighted by Gasteiger charge is 2.08. The molecule has 0 atom stereocenters. The fourth-order valence-corrected chi connectivity index (χ4v) is 3.62. The molecular formula is C18H15ClN4S. The maximum Gasteiger partial charge on any atom is 0.172 e. The van der Waals surface area contributed by atoms with Crippen molar-refractivity contribution in [3.63, 3.8) is 0 Å². The van der Waals surface area contributed by atoms with E-state index in [4.69, 9.17) is 11.6 Å². The van der Waals surface area contributed by atoms with Crippen LogP contribution in [0.1, 0.15) is 11.3 Å². The van der Waals surface area contributed by atoms with Crippen LogP contribution in [0.4, 0.5) is 0 Å². The number of nitrogens with zero attached hydrogens (tertiary/aromatic N) is 4. The third-order valence-corrected chi connectivity index (χ3v) is 4.92. The molecule has 0 radical (unpaired) electrons. The molecule has 0 amide bonds. The van der Waals surface area contributed by atoms with Crippen LogP contribution in [-0.2, 0) is 5.75 Å². The van der Waals surface area contributed by atoms with Crippen molar-refractivity contribution in [2.75, 3.05) is 0 Å². The molecule has 0 spiro atoms. The fraction of sp³-hybridized carbons (Fsp3) is 0.111. The molecule has 4 aromatic rings. The maximum atomic E-state index is 6.02. The van der Waals surface area contributed by atoms with Crippen LogP contribution in [0, 0.1) is 6.92 Å². The monoisotopic (exact) mass is 354 g/mol. The van der Waals surface area contributed by atoms with E-state index in [1.165, 1.54) is 5.56 Å². The van der Waals surface area contributed by atoms with Crippen molar-refractivity contribution in [3.8, 4) is 5.69 Å². The number of thioether (sulfide) groups is 1. The third kappa shape index (κ3) is 3.05. The zero-order valence-corrected chi connectivity index (χ0v) is 14.6. The zero-order valence-electron chi connectivity index (χ0n) is 13.1. The van der Waals surface area contributed by atoms with Gasteiger partial charge >= 0.3 is 0 Å². The molecule has 0 bridgehead atoms. The van der Waals surface area contributed by atoms with Crippen molar-refractivity contribution in [1.82, 2.24) is 18.9 Å². The van der Waals surface area contributed by atoms with Gasteiger partial charge in [-0.2, -0.15) is 0 Å². The molecule has 4 nitrogen and oxygen atoms in total. The van der Waals surface area contributed by atoms with E-state index in [0.29, 0.717) is 5.02 Å². The van der Waals surface area contributed by atoms with E-state index in [9.17, 15) is 0 Å². The minimum absolute atomic E-state index is 0.703. The number of rotatable bonds is 4. The Balaban J connectivity index is 1.57. The average Bonchev–Trinajstić information content (AvgIpc) is 3.18. The Morgan fingerprint density at radius 1 is 1.17 bits per heavy atom. The van der Waals surface area contributed by atoms with E-state index in [2.05, 4.69) is 45.7 Å². The first-order valence-corrected chi connectivity index (χ1v) is 8.92. The van der Waals surface area contributed by atoms with E-state index in [1.54, 1.807) is 11.8 Å². The number of halogens is 1. The molecule has 0 saturated carbocycles. The SMILES string of the molecule is Cc1cccc(-n2ccnc2SCc2cn3cc(Cl)ccc3n2)c1. The van der Waals surface area contributed by atoms with Crippen LogP contribution in [0.3, 0.4) is 0 Å². The lowest BCUT2D eigenvalue weighted by atomic mass is 10.2. The van der Waals surface area contributed by atoms with E-state index >= 15 is 0 Å². The van der Waals surface area contributed by atoms with Crippen LogP contribution in [0.2, 0.25) is 5.02 Å². The molecule has 3 heterocycles. The van der Waals surface area contributed by atoms with Gasteiger partial charge in [-0.1, -0.05) is 35.5 Å². The summed E-state index contributed by atoms with van der Waals surface area (Å²) in [5.41, 5.74) is 4.25. The zero-order chi connectivity index (χ0) is 16.5. The smallest absolute Gasteiger partial charge is 0.172 e. The van der Waals surface area contributed by atoms with E-state index < -0.39 is 0 Å². The quantitative estimate of drug-likeness (QED) is 0.495. The molecule has 3 aromatic heterocycles. The summed E-state index contributed by atoms with van der Waals surface area (Å²) in [6, 6.07) is 12.2. The Hall–Kier alpha value is -2.24. The van der Waals surface area contributed by atoms with Gasteiger partial charge in [-0.15, -0.1) is 0 Å². The number of hydrogen-bond donors (Lipinski definition) is 0. The lowest BCUT2D eigenvalue weighted by Crippen LogP contribution is -1.95. The van der Waals surface area contributed by atoms with Crippen molar-refractivity contribution in [3.05, 3.63) is 77.5 Å². The summed E-state index contributed by atoms with van der Waals surface area (Å²) in [5.74, 6) is 0.752. The van der Waals surface area contributed by atoms with Crippen molar-refractivity contribution in [1.29, 1.82) is 0 Å². The second-order valence-electron chi connectivity index (χ2n) is 5.55. The van der Waals surface area contributed by atoms with Crippen LogP contribution in [-0.4, -0.2) is 18.9 Å². The Morgan fingerprint density at radius 2 is 2.08 bits per heavy atom. The van der Waals surface area contributed by atoms with Crippen molar-refractivity contribution in [2.24, 2.45) is 0 Å². The molecular weight excluding hydrogens is 340 g/mol. The Labute approximate surface area is 149 Å². The van der Waals surface area contributed by atoms with Crippen LogP contribution in [0.15, 0.2) is 66.3 Å². The second kappa shape index (κ2) is 6.34. The minimum Gasteiger partial charge on any atom is -0.305 e. The van der Waals surface area contributed by atoms with E-state index in [-0.39, 0.29) is 0 Å². The van der Waals surface area contributed by atoms with Gasteiger partial charge in [0.05, 0.1) is 10.7 Å². The summed E-state index contributed by atoms with van der Waals surface area (Å²) in [4.78, 5) is 9.09. The van der Waals surface area contributed by atoms with Crippen LogP contribution >= 0.6 is 23.4 Å². The summed E-state index contributed by atoms with van der Waals surface area (Å²) < 4.78 is 4.05. The number of aryl methyl sites for hydroxylation is 1. The van der Waals surface area contributed by atoms with Gasteiger partial charge in [-0.3, -0.25) is 4.57 Å². The molecule has 0 aliphatic carbocycles. The summed E-state index contributed by atoms with van der Waals surface area (Å²) >= 11 is 7.69. The summed E-state index contributed by atoms with van der Waals surface area (Å²) in [6.07, 6.45) is 7.69. The first-order chi connectivity index (χ1) is 11.7. The second-order valence-corrected chi connectivity index (χ2v) is 6.93. The summed E-state index contributed by atoms with van der Waals surface area (Å²) in [5, 5.41) is 1.66. The minimum atomic E-state index is 0.703. The molecule has 6 heteroatoms. The Morgan fingerprint density at radius 3 is 2.96 bits per heavy atom. The first kappa shape index (κ1) is 15.3. The molecule has 0 unspecified atom stereocenters. The third-order valence-electron chi connectivity index (χ3n) is 3.70. The number of benzene rings is 1. The van der Waals surface area contributed by atoms with Gasteiger partial charge in [0, 0.05) is 36.2 Å². The molecule has 0 aliphatic heterocycles. The standard InChI is InChI=1S/C18H15ClN4S/c1-13-3-2-4-16(9-13)23-8-7-20-18(23)24-12-15-11-22-10-14(19)5-6-17(22)21-15/h2-11H,12H2,1H3. The molecule has 1 aromatic carbocycles. The van der Waals surface area contributed by atoms with Gasteiger partial charge < -0.3 is 4.40 Å². The highest BCUT2D eigenvalue weighted by molar-refractivity contribution is 7.98.